The topological polar surface area (TPSA) is 0 Å². The molecule has 1 aromatic carbocycles. The van der Waals surface area contributed by atoms with Gasteiger partial charge < -0.3 is 0 Å². The van der Waals surface area contributed by atoms with Crippen LogP contribution in [-0.2, 0) is 6.42 Å². The molecule has 0 N–H and O–H groups in total. The number of thiol groups is 1. The summed E-state index contributed by atoms with van der Waals surface area (Å²) < 4.78 is 0. The van der Waals surface area contributed by atoms with Crippen LogP contribution in [0.25, 0.3) is 0 Å². The second-order valence-corrected chi connectivity index (χ2v) is 4.91. The summed E-state index contributed by atoms with van der Waals surface area (Å²) in [5, 5.41) is 1.91. The van der Waals surface area contributed by atoms with Crippen molar-refractivity contribution in [3.05, 3.63) is 58.0 Å². The van der Waals surface area contributed by atoms with Gasteiger partial charge in [-0.1, -0.05) is 37.3 Å². The van der Waals surface area contributed by atoms with Gasteiger partial charge >= 0.3 is 0 Å². The molecule has 0 fully saturated rings. The van der Waals surface area contributed by atoms with Crippen LogP contribution in [0, 0.1) is 19.8 Å². The Morgan fingerprint density at radius 2 is 2.00 bits per heavy atom. The van der Waals surface area contributed by atoms with E-state index in [4.69, 9.17) is 0 Å². The Labute approximate surface area is 111 Å². The van der Waals surface area contributed by atoms with Crippen molar-refractivity contribution in [3.8, 4) is 0 Å². The lowest BCUT2D eigenvalue weighted by molar-refractivity contribution is 0.694. The molecule has 92 valence electrons. The SMILES string of the molecule is C/C=C\C(=C/S)C(C)Cc1ccc(C)c(C)c1. The van der Waals surface area contributed by atoms with Gasteiger partial charge in [-0.3, -0.25) is 0 Å². The highest BCUT2D eigenvalue weighted by Gasteiger charge is 2.07. The molecule has 1 heteroatoms. The lowest BCUT2D eigenvalue weighted by Gasteiger charge is -2.13. The van der Waals surface area contributed by atoms with Gasteiger partial charge in [-0.05, 0) is 60.8 Å². The zero-order valence-corrected chi connectivity index (χ0v) is 12.1. The van der Waals surface area contributed by atoms with Gasteiger partial charge in [0.2, 0.25) is 0 Å². The summed E-state index contributed by atoms with van der Waals surface area (Å²) in [5.41, 5.74) is 5.42. The fourth-order valence-electron chi connectivity index (χ4n) is 1.93. The van der Waals surface area contributed by atoms with E-state index in [2.05, 4.69) is 63.8 Å². The first-order valence-corrected chi connectivity index (χ1v) is 6.63. The van der Waals surface area contributed by atoms with Crippen molar-refractivity contribution in [2.75, 3.05) is 0 Å². The monoisotopic (exact) mass is 246 g/mol. The van der Waals surface area contributed by atoms with E-state index in [-0.39, 0.29) is 0 Å². The zero-order valence-electron chi connectivity index (χ0n) is 11.2. The van der Waals surface area contributed by atoms with Crippen LogP contribution in [0.2, 0.25) is 0 Å². The van der Waals surface area contributed by atoms with E-state index in [0.29, 0.717) is 5.92 Å². The fourth-order valence-corrected chi connectivity index (χ4v) is 2.27. The molecule has 1 atom stereocenters. The molecule has 0 bridgehead atoms. The van der Waals surface area contributed by atoms with Gasteiger partial charge in [-0.15, -0.1) is 0 Å². The highest BCUT2D eigenvalue weighted by molar-refractivity contribution is 7.83. The fraction of sp³-hybridized carbons (Fsp3) is 0.375. The molecule has 0 aliphatic rings. The lowest BCUT2D eigenvalue weighted by atomic mass is 9.93. The normalized spacial score (nSPS) is 14.3. The van der Waals surface area contributed by atoms with Crippen molar-refractivity contribution in [2.45, 2.75) is 34.1 Å². The van der Waals surface area contributed by atoms with Crippen molar-refractivity contribution in [2.24, 2.45) is 5.92 Å². The zero-order chi connectivity index (χ0) is 12.8. The number of allylic oxidation sites excluding steroid dienone is 3. The Morgan fingerprint density at radius 1 is 1.29 bits per heavy atom. The van der Waals surface area contributed by atoms with Gasteiger partial charge in [0.1, 0.15) is 0 Å². The third kappa shape index (κ3) is 4.08. The molecule has 0 amide bonds. The maximum absolute atomic E-state index is 4.28. The standard InChI is InChI=1S/C16H22S/c1-5-6-16(11-17)14(4)10-15-8-7-12(2)13(3)9-15/h5-9,11,14,17H,10H2,1-4H3/b6-5-,16-11+. The molecule has 0 saturated heterocycles. The highest BCUT2D eigenvalue weighted by Crippen LogP contribution is 2.20. The second kappa shape index (κ2) is 6.70. The van der Waals surface area contributed by atoms with Gasteiger partial charge in [0.05, 0.1) is 0 Å². The number of aryl methyl sites for hydroxylation is 2. The summed E-state index contributed by atoms with van der Waals surface area (Å²) in [6.45, 7) is 8.61. The van der Waals surface area contributed by atoms with E-state index in [0.717, 1.165) is 6.42 Å². The molecular weight excluding hydrogens is 224 g/mol. The Bertz CT molecular complexity index is 427. The van der Waals surface area contributed by atoms with E-state index in [1.165, 1.54) is 22.3 Å². The van der Waals surface area contributed by atoms with Crippen LogP contribution in [0.4, 0.5) is 0 Å². The largest absolute Gasteiger partial charge is 0.151 e. The smallest absolute Gasteiger partial charge is 0.0145 e. The molecule has 0 spiro atoms. The Balaban J connectivity index is 2.80. The summed E-state index contributed by atoms with van der Waals surface area (Å²) in [7, 11) is 0. The molecule has 1 rings (SSSR count). The Kier molecular flexibility index (Phi) is 5.57. The average Bonchev–Trinajstić information content (AvgIpc) is 2.30. The molecule has 0 aromatic heterocycles. The first kappa shape index (κ1) is 14.1. The minimum atomic E-state index is 0.505. The van der Waals surface area contributed by atoms with E-state index in [1.807, 2.05) is 12.3 Å². The summed E-state index contributed by atoms with van der Waals surface area (Å²) >= 11 is 4.28. The summed E-state index contributed by atoms with van der Waals surface area (Å²) in [4.78, 5) is 0. The van der Waals surface area contributed by atoms with Crippen molar-refractivity contribution >= 4 is 12.6 Å². The van der Waals surface area contributed by atoms with Crippen molar-refractivity contribution in [3.63, 3.8) is 0 Å². The van der Waals surface area contributed by atoms with Crippen LogP contribution in [0.3, 0.4) is 0 Å². The minimum absolute atomic E-state index is 0.505. The number of benzene rings is 1. The van der Waals surface area contributed by atoms with E-state index in [1.54, 1.807) is 0 Å². The molecular formula is C16H22S. The minimum Gasteiger partial charge on any atom is -0.151 e. The maximum Gasteiger partial charge on any atom is -0.0145 e. The van der Waals surface area contributed by atoms with Gasteiger partial charge in [0.25, 0.3) is 0 Å². The molecule has 0 heterocycles. The molecule has 1 aromatic rings. The molecule has 0 radical (unpaired) electrons. The first-order valence-electron chi connectivity index (χ1n) is 6.11. The predicted molar refractivity (Wildman–Crippen MR) is 80.7 cm³/mol. The summed E-state index contributed by atoms with van der Waals surface area (Å²) in [5.74, 6) is 0.505. The molecule has 0 saturated carbocycles. The Hall–Kier alpha value is -0.950. The molecule has 17 heavy (non-hydrogen) atoms. The van der Waals surface area contributed by atoms with Crippen LogP contribution in [-0.4, -0.2) is 0 Å². The van der Waals surface area contributed by atoms with E-state index >= 15 is 0 Å². The van der Waals surface area contributed by atoms with Gasteiger partial charge in [0, 0.05) is 0 Å². The van der Waals surface area contributed by atoms with Crippen LogP contribution >= 0.6 is 12.6 Å². The third-order valence-electron chi connectivity index (χ3n) is 3.19. The summed E-state index contributed by atoms with van der Waals surface area (Å²) in [6.07, 6.45) is 5.27. The second-order valence-electron chi connectivity index (χ2n) is 4.65. The van der Waals surface area contributed by atoms with E-state index < -0.39 is 0 Å². The number of rotatable bonds is 4. The van der Waals surface area contributed by atoms with Crippen LogP contribution in [0.1, 0.15) is 30.5 Å². The van der Waals surface area contributed by atoms with Crippen molar-refractivity contribution in [1.29, 1.82) is 0 Å². The van der Waals surface area contributed by atoms with Crippen LogP contribution in [0.15, 0.2) is 41.3 Å². The first-order chi connectivity index (χ1) is 8.08. The van der Waals surface area contributed by atoms with Crippen molar-refractivity contribution < 1.29 is 0 Å². The summed E-state index contributed by atoms with van der Waals surface area (Å²) in [6, 6.07) is 6.72. The number of hydrogen-bond donors (Lipinski definition) is 1. The molecule has 0 aliphatic heterocycles. The highest BCUT2D eigenvalue weighted by atomic mass is 32.1. The molecule has 0 nitrogen and oxygen atoms in total. The van der Waals surface area contributed by atoms with Gasteiger partial charge in [-0.2, -0.15) is 12.6 Å². The molecule has 1 unspecified atom stereocenters. The maximum atomic E-state index is 4.28. The number of hydrogen-bond acceptors (Lipinski definition) is 1. The average molecular weight is 246 g/mol. The predicted octanol–water partition coefficient (Wildman–Crippen LogP) is 4.87. The van der Waals surface area contributed by atoms with Crippen LogP contribution in [0.5, 0.6) is 0 Å². The van der Waals surface area contributed by atoms with Crippen molar-refractivity contribution in [1.82, 2.24) is 0 Å². The quantitative estimate of drug-likeness (QED) is 0.568. The Morgan fingerprint density at radius 3 is 2.53 bits per heavy atom. The van der Waals surface area contributed by atoms with Crippen LogP contribution < -0.4 is 0 Å². The molecule has 0 aliphatic carbocycles. The van der Waals surface area contributed by atoms with Gasteiger partial charge in [0.15, 0.2) is 0 Å². The lowest BCUT2D eigenvalue weighted by Crippen LogP contribution is -2.02. The van der Waals surface area contributed by atoms with E-state index in [9.17, 15) is 0 Å². The third-order valence-corrected chi connectivity index (χ3v) is 3.49. The van der Waals surface area contributed by atoms with Gasteiger partial charge in [-0.25, -0.2) is 0 Å².